The number of hydrogen-bond acceptors (Lipinski definition) is 7. The maximum atomic E-state index is 13.5. The van der Waals surface area contributed by atoms with E-state index in [-0.39, 0.29) is 41.4 Å². The molecule has 0 radical (unpaired) electrons. The minimum Gasteiger partial charge on any atom is -0.355 e. The number of rotatable bonds is 9. The molecule has 1 aromatic heterocycles. The minimum absolute atomic E-state index is 0.0605. The first-order valence-electron chi connectivity index (χ1n) is 13.3. The Labute approximate surface area is 223 Å². The SMILES string of the molecule is NCCCN1CCC(CS(=O)(=O)N2C3CCC2CC(NC(=O)c2cc(-c4ccccc4Cl)on2)C3)CC1. The summed E-state index contributed by atoms with van der Waals surface area (Å²) in [5.41, 5.74) is 6.48. The smallest absolute Gasteiger partial charge is 0.273 e. The first kappa shape index (κ1) is 26.6. The summed E-state index contributed by atoms with van der Waals surface area (Å²) in [7, 11) is -3.35. The molecule has 3 N–H and O–H groups in total. The Morgan fingerprint density at radius 2 is 1.84 bits per heavy atom. The maximum Gasteiger partial charge on any atom is 0.273 e. The van der Waals surface area contributed by atoms with E-state index in [4.69, 9.17) is 21.9 Å². The number of benzene rings is 1. The number of fused-ring (bicyclic) bond motifs is 2. The molecule has 3 fully saturated rings. The van der Waals surface area contributed by atoms with E-state index in [1.165, 1.54) is 0 Å². The van der Waals surface area contributed by atoms with Gasteiger partial charge in [-0.15, -0.1) is 0 Å². The molecule has 9 nitrogen and oxygen atoms in total. The van der Waals surface area contributed by atoms with Gasteiger partial charge >= 0.3 is 0 Å². The van der Waals surface area contributed by atoms with E-state index in [0.29, 0.717) is 35.7 Å². The van der Waals surface area contributed by atoms with Crippen LogP contribution in [-0.2, 0) is 10.0 Å². The first-order chi connectivity index (χ1) is 17.8. The summed E-state index contributed by atoms with van der Waals surface area (Å²) in [6.07, 6.45) is 5.74. The van der Waals surface area contributed by atoms with Gasteiger partial charge in [-0.25, -0.2) is 8.42 Å². The lowest BCUT2D eigenvalue weighted by atomic mass is 9.99. The van der Waals surface area contributed by atoms with Crippen LogP contribution in [0.3, 0.4) is 0 Å². The molecule has 0 spiro atoms. The van der Waals surface area contributed by atoms with Gasteiger partial charge < -0.3 is 20.5 Å². The van der Waals surface area contributed by atoms with E-state index in [1.54, 1.807) is 16.4 Å². The Balaban J connectivity index is 1.16. The summed E-state index contributed by atoms with van der Waals surface area (Å²) < 4.78 is 34.1. The van der Waals surface area contributed by atoms with Gasteiger partial charge in [0.1, 0.15) is 0 Å². The molecule has 2 unspecified atom stereocenters. The molecular formula is C26H36ClN5O4S. The van der Waals surface area contributed by atoms with Crippen LogP contribution in [0.2, 0.25) is 5.02 Å². The molecule has 3 aliphatic heterocycles. The third kappa shape index (κ3) is 6.04. The Kier molecular flexibility index (Phi) is 8.21. The molecule has 2 bridgehead atoms. The van der Waals surface area contributed by atoms with Crippen LogP contribution in [0.5, 0.6) is 0 Å². The number of carbonyl (C=O) groups excluding carboxylic acids is 1. The van der Waals surface area contributed by atoms with E-state index in [9.17, 15) is 13.2 Å². The second-order valence-corrected chi connectivity index (χ2v) is 12.9. The summed E-state index contributed by atoms with van der Waals surface area (Å²) in [6, 6.07) is 8.60. The predicted molar refractivity (Wildman–Crippen MR) is 143 cm³/mol. The number of hydrogen-bond donors (Lipinski definition) is 2. The van der Waals surface area contributed by atoms with E-state index in [2.05, 4.69) is 15.4 Å². The number of carbonyl (C=O) groups is 1. The van der Waals surface area contributed by atoms with Crippen LogP contribution in [0.15, 0.2) is 34.9 Å². The van der Waals surface area contributed by atoms with Crippen LogP contribution < -0.4 is 11.1 Å². The number of sulfonamides is 1. The van der Waals surface area contributed by atoms with Gasteiger partial charge in [0.15, 0.2) is 11.5 Å². The fourth-order valence-corrected chi connectivity index (χ4v) is 8.83. The van der Waals surface area contributed by atoms with Crippen LogP contribution in [0.25, 0.3) is 11.3 Å². The average molecular weight is 550 g/mol. The molecule has 0 aliphatic carbocycles. The minimum atomic E-state index is -3.35. The number of nitrogens with one attached hydrogen (secondary N) is 1. The lowest BCUT2D eigenvalue weighted by molar-refractivity contribution is 0.0900. The zero-order valence-electron chi connectivity index (χ0n) is 21.0. The lowest BCUT2D eigenvalue weighted by Gasteiger charge is -2.39. The molecular weight excluding hydrogens is 514 g/mol. The number of likely N-dealkylation sites (tertiary alicyclic amines) is 1. The van der Waals surface area contributed by atoms with Crippen molar-refractivity contribution in [3.8, 4) is 11.3 Å². The molecule has 2 aromatic rings. The highest BCUT2D eigenvalue weighted by Crippen LogP contribution is 2.39. The number of nitrogens with zero attached hydrogens (tertiary/aromatic N) is 3. The highest BCUT2D eigenvalue weighted by atomic mass is 35.5. The summed E-state index contributed by atoms with van der Waals surface area (Å²) in [5.74, 6) is 0.549. The molecule has 2 atom stereocenters. The molecule has 11 heteroatoms. The van der Waals surface area contributed by atoms with Crippen LogP contribution in [0.4, 0.5) is 0 Å². The third-order valence-electron chi connectivity index (χ3n) is 8.04. The molecule has 1 amide bonds. The van der Waals surface area contributed by atoms with Crippen LogP contribution >= 0.6 is 11.6 Å². The van der Waals surface area contributed by atoms with E-state index in [1.807, 2.05) is 18.2 Å². The van der Waals surface area contributed by atoms with Gasteiger partial charge in [-0.05, 0) is 89.2 Å². The van der Waals surface area contributed by atoms with Gasteiger partial charge in [0.2, 0.25) is 10.0 Å². The molecule has 0 saturated carbocycles. The van der Waals surface area contributed by atoms with Crippen molar-refractivity contribution in [2.45, 2.75) is 63.1 Å². The molecule has 37 heavy (non-hydrogen) atoms. The van der Waals surface area contributed by atoms with Gasteiger partial charge in [0, 0.05) is 29.8 Å². The quantitative estimate of drug-likeness (QED) is 0.493. The van der Waals surface area contributed by atoms with Gasteiger partial charge in [0.05, 0.1) is 10.8 Å². The molecule has 3 aliphatic rings. The summed E-state index contributed by atoms with van der Waals surface area (Å²) in [5, 5.41) is 7.51. The summed E-state index contributed by atoms with van der Waals surface area (Å²) in [4.78, 5) is 15.3. The van der Waals surface area contributed by atoms with Crippen LogP contribution in [0.1, 0.15) is 55.4 Å². The standard InChI is InChI=1S/C26H36ClN5O4S/c27-23-5-2-1-4-22(23)25-16-24(30-36-25)26(33)29-19-14-20-6-7-21(15-19)32(20)37(34,35)17-18-8-12-31(13-9-18)11-3-10-28/h1-2,4-5,16,18-21H,3,6-15,17,28H2,(H,29,33). The number of aromatic nitrogens is 1. The number of amides is 1. The molecule has 202 valence electrons. The maximum absolute atomic E-state index is 13.5. The number of halogens is 1. The van der Waals surface area contributed by atoms with Crippen molar-refractivity contribution >= 4 is 27.5 Å². The first-order valence-corrected chi connectivity index (χ1v) is 15.3. The van der Waals surface area contributed by atoms with Crippen molar-refractivity contribution in [3.63, 3.8) is 0 Å². The lowest BCUT2D eigenvalue weighted by Crippen LogP contribution is -2.53. The number of piperidine rings is 2. The fourth-order valence-electron chi connectivity index (χ4n) is 6.21. The Morgan fingerprint density at radius 3 is 2.51 bits per heavy atom. The van der Waals surface area contributed by atoms with Gasteiger partial charge in [-0.1, -0.05) is 28.9 Å². The third-order valence-corrected chi connectivity index (χ3v) is 10.5. The van der Waals surface area contributed by atoms with Crippen molar-refractivity contribution in [1.82, 2.24) is 19.7 Å². The second kappa shape index (κ2) is 11.4. The Hall–Kier alpha value is -1.98. The van der Waals surface area contributed by atoms with E-state index >= 15 is 0 Å². The summed E-state index contributed by atoms with van der Waals surface area (Å²) >= 11 is 6.23. The predicted octanol–water partition coefficient (Wildman–Crippen LogP) is 3.11. The zero-order valence-corrected chi connectivity index (χ0v) is 22.6. The van der Waals surface area contributed by atoms with Crippen LogP contribution in [0, 0.1) is 5.92 Å². The molecule has 4 heterocycles. The van der Waals surface area contributed by atoms with E-state index < -0.39 is 10.0 Å². The topological polar surface area (TPSA) is 122 Å². The fraction of sp³-hybridized carbons (Fsp3) is 0.615. The van der Waals surface area contributed by atoms with Crippen molar-refractivity contribution < 1.29 is 17.7 Å². The van der Waals surface area contributed by atoms with Crippen molar-refractivity contribution in [3.05, 3.63) is 41.0 Å². The largest absolute Gasteiger partial charge is 0.355 e. The monoisotopic (exact) mass is 549 g/mol. The highest BCUT2D eigenvalue weighted by Gasteiger charge is 2.47. The molecule has 5 rings (SSSR count). The average Bonchev–Trinajstić information content (AvgIpc) is 3.47. The van der Waals surface area contributed by atoms with Crippen molar-refractivity contribution in [2.75, 3.05) is 31.9 Å². The molecule has 1 aromatic carbocycles. The van der Waals surface area contributed by atoms with Gasteiger partial charge in [-0.3, -0.25) is 4.79 Å². The second-order valence-electron chi connectivity index (χ2n) is 10.6. The Bertz CT molecular complexity index is 1180. The normalized spacial score (nSPS) is 25.4. The van der Waals surface area contributed by atoms with Gasteiger partial charge in [-0.2, -0.15) is 4.31 Å². The van der Waals surface area contributed by atoms with Crippen LogP contribution in [-0.4, -0.2) is 78.7 Å². The summed E-state index contributed by atoms with van der Waals surface area (Å²) in [6.45, 7) is 3.58. The number of nitrogens with two attached hydrogens (primary N) is 1. The molecule has 3 saturated heterocycles. The van der Waals surface area contributed by atoms with Crippen molar-refractivity contribution in [1.29, 1.82) is 0 Å². The van der Waals surface area contributed by atoms with Gasteiger partial charge in [0.25, 0.3) is 5.91 Å². The van der Waals surface area contributed by atoms with Crippen molar-refractivity contribution in [2.24, 2.45) is 11.7 Å². The zero-order chi connectivity index (χ0) is 26.0. The van der Waals surface area contributed by atoms with E-state index in [0.717, 1.165) is 51.7 Å². The highest BCUT2D eigenvalue weighted by molar-refractivity contribution is 7.89. The Morgan fingerprint density at radius 1 is 1.14 bits per heavy atom.